The summed E-state index contributed by atoms with van der Waals surface area (Å²) >= 11 is 0. The molecule has 0 saturated heterocycles. The van der Waals surface area contributed by atoms with E-state index in [-0.39, 0.29) is 6.04 Å². The first-order valence-electron chi connectivity index (χ1n) is 4.88. The lowest BCUT2D eigenvalue weighted by atomic mass is 10.1. The lowest BCUT2D eigenvalue weighted by molar-refractivity contribution is -0.137. The number of nitrogens with two attached hydrogens (primary N) is 1. The lowest BCUT2D eigenvalue weighted by Gasteiger charge is -2.17. The minimum atomic E-state index is -4.29. The van der Waals surface area contributed by atoms with Crippen LogP contribution in [0.25, 0.3) is 0 Å². The van der Waals surface area contributed by atoms with E-state index in [9.17, 15) is 13.2 Å². The van der Waals surface area contributed by atoms with Gasteiger partial charge in [0.2, 0.25) is 0 Å². The zero-order chi connectivity index (χ0) is 12.3. The largest absolute Gasteiger partial charge is 0.416 e. The maximum atomic E-state index is 12.3. The highest BCUT2D eigenvalue weighted by Crippen LogP contribution is 2.29. The molecule has 0 aliphatic carbocycles. The molecule has 0 aliphatic heterocycles. The summed E-state index contributed by atoms with van der Waals surface area (Å²) in [6, 6.07) is 4.71. The van der Waals surface area contributed by atoms with Crippen LogP contribution in [0.2, 0.25) is 0 Å². The summed E-state index contributed by atoms with van der Waals surface area (Å²) in [4.78, 5) is 1.89. The van der Waals surface area contributed by atoms with Crippen molar-refractivity contribution in [1.82, 2.24) is 4.90 Å². The first kappa shape index (κ1) is 13.0. The van der Waals surface area contributed by atoms with Gasteiger partial charge in [-0.3, -0.25) is 0 Å². The molecular formula is C11H15F3N2. The molecular weight excluding hydrogens is 217 g/mol. The number of rotatable bonds is 3. The number of halogens is 3. The number of alkyl halides is 3. The van der Waals surface area contributed by atoms with Gasteiger partial charge in [-0.15, -0.1) is 0 Å². The zero-order valence-corrected chi connectivity index (χ0v) is 9.25. The molecule has 2 nitrogen and oxygen atoms in total. The van der Waals surface area contributed by atoms with E-state index < -0.39 is 11.7 Å². The molecule has 0 aromatic heterocycles. The molecule has 5 heteroatoms. The standard InChI is InChI=1S/C11H15F3N2/c1-16(2)7-10(15)8-3-5-9(6-4-8)11(12,13)14/h3-6,10H,7,15H2,1-2H3/t10-/m1/s1. The van der Waals surface area contributed by atoms with Crippen molar-refractivity contribution in [3.05, 3.63) is 35.4 Å². The second-order valence-corrected chi connectivity index (χ2v) is 3.99. The molecule has 0 unspecified atom stereocenters. The topological polar surface area (TPSA) is 29.3 Å². The molecule has 0 fully saturated rings. The van der Waals surface area contributed by atoms with Crippen LogP contribution in [0, 0.1) is 0 Å². The second kappa shape index (κ2) is 4.84. The van der Waals surface area contributed by atoms with Crippen LogP contribution in [0.3, 0.4) is 0 Å². The first-order chi connectivity index (χ1) is 7.30. The zero-order valence-electron chi connectivity index (χ0n) is 9.25. The van der Waals surface area contributed by atoms with Gasteiger partial charge in [0.1, 0.15) is 0 Å². The van der Waals surface area contributed by atoms with Crippen LogP contribution in [-0.4, -0.2) is 25.5 Å². The first-order valence-corrected chi connectivity index (χ1v) is 4.88. The highest BCUT2D eigenvalue weighted by atomic mass is 19.4. The van der Waals surface area contributed by atoms with Gasteiger partial charge in [-0.2, -0.15) is 13.2 Å². The quantitative estimate of drug-likeness (QED) is 0.866. The summed E-state index contributed by atoms with van der Waals surface area (Å²) in [5, 5.41) is 0. The minimum Gasteiger partial charge on any atom is -0.323 e. The summed E-state index contributed by atoms with van der Waals surface area (Å²) in [7, 11) is 3.73. The number of likely N-dealkylation sites (N-methyl/N-ethyl adjacent to an activating group) is 1. The number of hydrogen-bond donors (Lipinski definition) is 1. The van der Waals surface area contributed by atoms with E-state index in [1.54, 1.807) is 0 Å². The van der Waals surface area contributed by atoms with Crippen molar-refractivity contribution in [2.24, 2.45) is 5.73 Å². The number of benzene rings is 1. The van der Waals surface area contributed by atoms with Crippen LogP contribution < -0.4 is 5.73 Å². The lowest BCUT2D eigenvalue weighted by Crippen LogP contribution is -2.26. The summed E-state index contributed by atoms with van der Waals surface area (Å²) in [6.07, 6.45) is -4.29. The van der Waals surface area contributed by atoms with E-state index in [1.807, 2.05) is 19.0 Å². The predicted octanol–water partition coefficient (Wildman–Crippen LogP) is 2.27. The van der Waals surface area contributed by atoms with Crippen molar-refractivity contribution in [3.8, 4) is 0 Å². The molecule has 0 heterocycles. The van der Waals surface area contributed by atoms with Gasteiger partial charge < -0.3 is 10.6 Å². The highest BCUT2D eigenvalue weighted by molar-refractivity contribution is 5.26. The average molecular weight is 232 g/mol. The third-order valence-corrected chi connectivity index (χ3v) is 2.23. The number of nitrogens with zero attached hydrogens (tertiary/aromatic N) is 1. The van der Waals surface area contributed by atoms with Crippen LogP contribution in [0.15, 0.2) is 24.3 Å². The Hall–Kier alpha value is -1.07. The van der Waals surface area contributed by atoms with Gasteiger partial charge in [0, 0.05) is 12.6 Å². The fraction of sp³-hybridized carbons (Fsp3) is 0.455. The van der Waals surface area contributed by atoms with Gasteiger partial charge in [0.25, 0.3) is 0 Å². The number of hydrogen-bond acceptors (Lipinski definition) is 2. The van der Waals surface area contributed by atoms with Crippen molar-refractivity contribution in [2.45, 2.75) is 12.2 Å². The average Bonchev–Trinajstić information content (AvgIpc) is 2.15. The Labute approximate surface area is 92.9 Å². The van der Waals surface area contributed by atoms with E-state index in [1.165, 1.54) is 12.1 Å². The van der Waals surface area contributed by atoms with Gasteiger partial charge in [-0.05, 0) is 31.8 Å². The van der Waals surface area contributed by atoms with Gasteiger partial charge in [0.15, 0.2) is 0 Å². The maximum Gasteiger partial charge on any atom is 0.416 e. The Bertz CT molecular complexity index is 330. The van der Waals surface area contributed by atoms with E-state index in [0.717, 1.165) is 12.1 Å². The molecule has 0 saturated carbocycles. The summed E-state index contributed by atoms with van der Waals surface area (Å²) < 4.78 is 36.9. The van der Waals surface area contributed by atoms with Crippen LogP contribution in [-0.2, 0) is 6.18 Å². The van der Waals surface area contributed by atoms with Crippen molar-refractivity contribution in [3.63, 3.8) is 0 Å². The van der Waals surface area contributed by atoms with Gasteiger partial charge in [-0.1, -0.05) is 12.1 Å². The molecule has 90 valence electrons. The van der Waals surface area contributed by atoms with Gasteiger partial charge >= 0.3 is 6.18 Å². The highest BCUT2D eigenvalue weighted by Gasteiger charge is 2.30. The second-order valence-electron chi connectivity index (χ2n) is 3.99. The maximum absolute atomic E-state index is 12.3. The fourth-order valence-corrected chi connectivity index (χ4v) is 1.42. The van der Waals surface area contributed by atoms with Crippen molar-refractivity contribution in [2.75, 3.05) is 20.6 Å². The van der Waals surface area contributed by atoms with Crippen LogP contribution in [0.5, 0.6) is 0 Å². The smallest absolute Gasteiger partial charge is 0.323 e. The SMILES string of the molecule is CN(C)C[C@@H](N)c1ccc(C(F)(F)F)cc1. The molecule has 1 rings (SSSR count). The molecule has 0 bridgehead atoms. The summed E-state index contributed by atoms with van der Waals surface area (Å²) in [5.41, 5.74) is 5.90. The van der Waals surface area contributed by atoms with Crippen LogP contribution in [0.1, 0.15) is 17.2 Å². The molecule has 1 aromatic rings. The summed E-state index contributed by atoms with van der Waals surface area (Å²) in [6.45, 7) is 0.603. The van der Waals surface area contributed by atoms with E-state index in [2.05, 4.69) is 0 Å². The van der Waals surface area contributed by atoms with E-state index >= 15 is 0 Å². The predicted molar refractivity (Wildman–Crippen MR) is 56.9 cm³/mol. The van der Waals surface area contributed by atoms with Gasteiger partial charge in [-0.25, -0.2) is 0 Å². The minimum absolute atomic E-state index is 0.266. The van der Waals surface area contributed by atoms with E-state index in [4.69, 9.17) is 5.73 Å². The third kappa shape index (κ3) is 3.50. The summed E-state index contributed by atoms with van der Waals surface area (Å²) in [5.74, 6) is 0. The van der Waals surface area contributed by atoms with Crippen molar-refractivity contribution >= 4 is 0 Å². The molecule has 0 spiro atoms. The Morgan fingerprint density at radius 2 is 1.69 bits per heavy atom. The van der Waals surface area contributed by atoms with Crippen molar-refractivity contribution in [1.29, 1.82) is 0 Å². The van der Waals surface area contributed by atoms with Crippen molar-refractivity contribution < 1.29 is 13.2 Å². The monoisotopic (exact) mass is 232 g/mol. The normalized spacial score (nSPS) is 14.2. The molecule has 0 amide bonds. The Balaban J connectivity index is 2.79. The Morgan fingerprint density at radius 1 is 1.19 bits per heavy atom. The van der Waals surface area contributed by atoms with Crippen LogP contribution >= 0.6 is 0 Å². The molecule has 2 N–H and O–H groups in total. The molecule has 1 atom stereocenters. The third-order valence-electron chi connectivity index (χ3n) is 2.23. The Morgan fingerprint density at radius 3 is 2.06 bits per heavy atom. The van der Waals surface area contributed by atoms with Crippen LogP contribution in [0.4, 0.5) is 13.2 Å². The molecule has 0 aliphatic rings. The molecule has 16 heavy (non-hydrogen) atoms. The fourth-order valence-electron chi connectivity index (χ4n) is 1.42. The van der Waals surface area contributed by atoms with Gasteiger partial charge in [0.05, 0.1) is 5.56 Å². The van der Waals surface area contributed by atoms with E-state index in [0.29, 0.717) is 12.1 Å². The molecule has 1 aromatic carbocycles. The molecule has 0 radical (unpaired) electrons. The Kier molecular flexibility index (Phi) is 3.93.